The Morgan fingerprint density at radius 2 is 1.65 bits per heavy atom. The Balaban J connectivity index is 0.00000361. The first-order chi connectivity index (χ1) is 8.82. The van der Waals surface area contributed by atoms with E-state index >= 15 is 0 Å². The molecule has 0 aromatic heterocycles. The number of carbonyl (C=O) groups is 1. The zero-order valence-electron chi connectivity index (χ0n) is 13.1. The van der Waals surface area contributed by atoms with Gasteiger partial charge in [-0.2, -0.15) is 0 Å². The van der Waals surface area contributed by atoms with Gasteiger partial charge in [0.25, 0.3) is 0 Å². The topological polar surface area (TPSA) is 26.6 Å². The van der Waals surface area contributed by atoms with Crippen LogP contribution in [0.1, 0.15) is 25.3 Å². The number of nitrogens with zero attached hydrogens (tertiary/aromatic N) is 3. The fourth-order valence-electron chi connectivity index (χ4n) is 1.69. The van der Waals surface area contributed by atoms with Crippen LogP contribution in [0.2, 0.25) is 0 Å². The maximum absolute atomic E-state index is 12.2. The molecule has 1 rings (SSSR count). The van der Waals surface area contributed by atoms with E-state index < -0.39 is 0 Å². The van der Waals surface area contributed by atoms with Gasteiger partial charge in [0.05, 0.1) is 14.1 Å². The predicted molar refractivity (Wildman–Crippen MR) is 80.3 cm³/mol. The van der Waals surface area contributed by atoms with Gasteiger partial charge >= 0.3 is 6.03 Å². The van der Waals surface area contributed by atoms with Crippen molar-refractivity contribution in [1.29, 1.82) is 0 Å². The smallest absolute Gasteiger partial charge is 0.415 e. The minimum atomic E-state index is -0.0639. The third-order valence-corrected chi connectivity index (χ3v) is 2.77. The summed E-state index contributed by atoms with van der Waals surface area (Å²) in [6.07, 6.45) is 1.78. The summed E-state index contributed by atoms with van der Waals surface area (Å²) in [5.41, 5.74) is 2.14. The SMILES string of the molecule is CC(C)c1ccc(N(C=[N+](C)C)C(=O)N(C)C)cc1.[Cl-]. The number of anilines is 1. The van der Waals surface area contributed by atoms with Crippen LogP contribution in [0.3, 0.4) is 0 Å². The normalized spacial score (nSPS) is 9.75. The van der Waals surface area contributed by atoms with Crippen LogP contribution in [0, 0.1) is 0 Å². The lowest BCUT2D eigenvalue weighted by molar-refractivity contribution is -0.460. The van der Waals surface area contributed by atoms with Crippen molar-refractivity contribution in [3.8, 4) is 0 Å². The molecule has 0 heterocycles. The fraction of sp³-hybridized carbons (Fsp3) is 0.467. The van der Waals surface area contributed by atoms with Gasteiger partial charge in [-0.25, -0.2) is 4.79 Å². The molecule has 0 N–H and O–H groups in total. The van der Waals surface area contributed by atoms with Crippen LogP contribution in [-0.4, -0.2) is 50.0 Å². The molecule has 0 aliphatic carbocycles. The molecule has 0 unspecified atom stereocenters. The molecule has 0 aliphatic rings. The minimum absolute atomic E-state index is 0. The van der Waals surface area contributed by atoms with Gasteiger partial charge in [-0.05, 0) is 23.6 Å². The van der Waals surface area contributed by atoms with Crippen molar-refractivity contribution in [2.75, 3.05) is 33.1 Å². The highest BCUT2D eigenvalue weighted by molar-refractivity contribution is 6.06. The highest BCUT2D eigenvalue weighted by atomic mass is 35.5. The molecule has 2 amide bonds. The molecular weight excluding hydrogens is 274 g/mol. The molecule has 0 fully saturated rings. The standard InChI is InChI=1S/C15H24N3O.ClH/c1-12(2)13-7-9-14(10-8-13)18(11-16(3)4)15(19)17(5)6;/h7-12H,1-6H3;1H/q+1;/p-1. The van der Waals surface area contributed by atoms with Gasteiger partial charge in [-0.3, -0.25) is 4.58 Å². The first-order valence-corrected chi connectivity index (χ1v) is 6.44. The Kier molecular flexibility index (Phi) is 7.29. The summed E-state index contributed by atoms with van der Waals surface area (Å²) in [6.45, 7) is 4.31. The van der Waals surface area contributed by atoms with Crippen LogP contribution in [0.15, 0.2) is 24.3 Å². The molecule has 0 atom stereocenters. The third-order valence-electron chi connectivity index (χ3n) is 2.77. The van der Waals surface area contributed by atoms with E-state index in [4.69, 9.17) is 0 Å². The maximum Gasteiger partial charge on any atom is 0.415 e. The van der Waals surface area contributed by atoms with Gasteiger partial charge < -0.3 is 17.3 Å². The van der Waals surface area contributed by atoms with Gasteiger partial charge in [-0.1, -0.05) is 26.0 Å². The lowest BCUT2D eigenvalue weighted by atomic mass is 10.0. The number of benzene rings is 1. The van der Waals surface area contributed by atoms with Crippen LogP contribution in [0.25, 0.3) is 0 Å². The van der Waals surface area contributed by atoms with Crippen LogP contribution in [0.4, 0.5) is 10.5 Å². The largest absolute Gasteiger partial charge is 1.00 e. The second kappa shape index (κ2) is 7.90. The Bertz CT molecular complexity index is 463. The van der Waals surface area contributed by atoms with E-state index in [2.05, 4.69) is 26.0 Å². The van der Waals surface area contributed by atoms with Gasteiger partial charge in [0, 0.05) is 14.1 Å². The Hall–Kier alpha value is -1.55. The highest BCUT2D eigenvalue weighted by Crippen LogP contribution is 2.20. The first-order valence-electron chi connectivity index (χ1n) is 6.44. The number of urea groups is 1. The molecular formula is C15H24ClN3O. The van der Waals surface area contributed by atoms with Crippen molar-refractivity contribution in [2.24, 2.45) is 0 Å². The van der Waals surface area contributed by atoms with E-state index in [1.807, 2.05) is 30.8 Å². The Morgan fingerprint density at radius 3 is 2.00 bits per heavy atom. The molecule has 20 heavy (non-hydrogen) atoms. The fourth-order valence-corrected chi connectivity index (χ4v) is 1.69. The average molecular weight is 298 g/mol. The molecule has 5 heteroatoms. The van der Waals surface area contributed by atoms with Crippen LogP contribution >= 0.6 is 0 Å². The molecule has 0 saturated carbocycles. The van der Waals surface area contributed by atoms with Crippen molar-refractivity contribution in [1.82, 2.24) is 4.90 Å². The van der Waals surface area contributed by atoms with E-state index in [9.17, 15) is 4.79 Å². The van der Waals surface area contributed by atoms with E-state index in [1.54, 1.807) is 30.2 Å². The van der Waals surface area contributed by atoms with Crippen molar-refractivity contribution in [3.63, 3.8) is 0 Å². The first kappa shape index (κ1) is 18.4. The highest BCUT2D eigenvalue weighted by Gasteiger charge is 2.23. The number of amides is 2. The van der Waals surface area contributed by atoms with Crippen molar-refractivity contribution in [3.05, 3.63) is 29.8 Å². The predicted octanol–water partition coefficient (Wildman–Crippen LogP) is -0.398. The van der Waals surface area contributed by atoms with Crippen molar-refractivity contribution < 1.29 is 21.8 Å². The summed E-state index contributed by atoms with van der Waals surface area (Å²) >= 11 is 0. The zero-order chi connectivity index (χ0) is 14.6. The quantitative estimate of drug-likeness (QED) is 0.424. The number of carbonyl (C=O) groups excluding carboxylic acids is 1. The van der Waals surface area contributed by atoms with E-state index in [-0.39, 0.29) is 18.4 Å². The molecule has 4 nitrogen and oxygen atoms in total. The summed E-state index contributed by atoms with van der Waals surface area (Å²) in [6, 6.07) is 8.04. The molecule has 0 saturated heterocycles. The number of halogens is 1. The molecule has 0 aliphatic heterocycles. The van der Waals surface area contributed by atoms with E-state index in [0.29, 0.717) is 5.92 Å². The lowest BCUT2D eigenvalue weighted by Crippen LogP contribution is -3.00. The van der Waals surface area contributed by atoms with Gasteiger partial charge in [0.1, 0.15) is 5.69 Å². The molecule has 1 aromatic rings. The number of hydrogen-bond acceptors (Lipinski definition) is 1. The number of hydrogen-bond donors (Lipinski definition) is 0. The van der Waals surface area contributed by atoms with Crippen molar-refractivity contribution >= 4 is 18.1 Å². The molecule has 1 aromatic carbocycles. The second-order valence-corrected chi connectivity index (χ2v) is 5.37. The minimum Gasteiger partial charge on any atom is -1.00 e. The third kappa shape index (κ3) is 4.85. The monoisotopic (exact) mass is 297 g/mol. The van der Waals surface area contributed by atoms with Crippen LogP contribution in [-0.2, 0) is 0 Å². The molecule has 112 valence electrons. The average Bonchev–Trinajstić information content (AvgIpc) is 2.35. The zero-order valence-corrected chi connectivity index (χ0v) is 13.8. The summed E-state index contributed by atoms with van der Waals surface area (Å²) < 4.78 is 1.86. The van der Waals surface area contributed by atoms with Gasteiger partial charge in [0.15, 0.2) is 0 Å². The summed E-state index contributed by atoms with van der Waals surface area (Å²) in [5.74, 6) is 0.491. The summed E-state index contributed by atoms with van der Waals surface area (Å²) in [7, 11) is 7.31. The molecule has 0 bridgehead atoms. The van der Waals surface area contributed by atoms with E-state index in [0.717, 1.165) is 5.69 Å². The van der Waals surface area contributed by atoms with Crippen LogP contribution in [0.5, 0.6) is 0 Å². The van der Waals surface area contributed by atoms with Gasteiger partial charge in [0.2, 0.25) is 6.34 Å². The van der Waals surface area contributed by atoms with E-state index in [1.165, 1.54) is 5.56 Å². The van der Waals surface area contributed by atoms with Crippen LogP contribution < -0.4 is 17.3 Å². The Morgan fingerprint density at radius 1 is 1.15 bits per heavy atom. The van der Waals surface area contributed by atoms with Crippen molar-refractivity contribution in [2.45, 2.75) is 19.8 Å². The number of rotatable bonds is 3. The summed E-state index contributed by atoms with van der Waals surface area (Å²) in [4.78, 5) is 15.4. The molecule has 0 radical (unpaired) electrons. The Labute approximate surface area is 128 Å². The summed E-state index contributed by atoms with van der Waals surface area (Å²) in [5, 5.41) is 0. The second-order valence-electron chi connectivity index (χ2n) is 5.37. The maximum atomic E-state index is 12.2. The molecule has 0 spiro atoms. The lowest BCUT2D eigenvalue weighted by Gasteiger charge is -2.16. The van der Waals surface area contributed by atoms with Gasteiger partial charge in [-0.15, -0.1) is 4.90 Å².